The van der Waals surface area contributed by atoms with Crippen LogP contribution in [0.3, 0.4) is 0 Å². The van der Waals surface area contributed by atoms with Gasteiger partial charge in [0, 0.05) is 0 Å². The minimum atomic E-state index is -0.380. The van der Waals surface area contributed by atoms with E-state index in [0.29, 0.717) is 11.3 Å². The molecule has 72 valence electrons. The van der Waals surface area contributed by atoms with Gasteiger partial charge in [0.25, 0.3) is 0 Å². The molecule has 0 N–H and O–H groups in total. The summed E-state index contributed by atoms with van der Waals surface area (Å²) >= 11 is 4.48. The van der Waals surface area contributed by atoms with Crippen molar-refractivity contribution in [2.24, 2.45) is 4.99 Å². The fourth-order valence-corrected chi connectivity index (χ4v) is 1.22. The Hall–Kier alpha value is -1.51. The molecular weight excluding hydrogens is 198 g/mol. The number of hydrogen-bond donors (Lipinski definition) is 0. The molecule has 0 heterocycles. The smallest absolute Gasteiger partial charge is 0.337 e. The van der Waals surface area contributed by atoms with Crippen LogP contribution in [0.15, 0.2) is 23.2 Å². The van der Waals surface area contributed by atoms with Crippen LogP contribution in [-0.2, 0) is 4.74 Å². The first-order valence-corrected chi connectivity index (χ1v) is 4.36. The second-order valence-electron chi connectivity index (χ2n) is 2.75. The third kappa shape index (κ3) is 2.49. The Kier molecular flexibility index (Phi) is 3.51. The number of isothiocyanates is 1. The standard InChI is InChI=1S/C10H9NO2S/c1-7-3-8(10(12)13-2)5-9(4-7)11-6-14/h3-5H,1-2H3. The van der Waals surface area contributed by atoms with Gasteiger partial charge in [0.15, 0.2) is 0 Å². The Morgan fingerprint density at radius 1 is 1.50 bits per heavy atom. The van der Waals surface area contributed by atoms with Crippen molar-refractivity contribution in [1.82, 2.24) is 0 Å². The summed E-state index contributed by atoms with van der Waals surface area (Å²) in [7, 11) is 1.34. The van der Waals surface area contributed by atoms with Gasteiger partial charge in [-0.25, -0.2) is 4.79 Å². The van der Waals surface area contributed by atoms with E-state index in [0.717, 1.165) is 5.56 Å². The number of aliphatic imine (C=N–C) groups is 1. The van der Waals surface area contributed by atoms with Gasteiger partial charge in [0.1, 0.15) is 0 Å². The summed E-state index contributed by atoms with van der Waals surface area (Å²) in [6.45, 7) is 1.87. The molecule has 0 aliphatic carbocycles. The van der Waals surface area contributed by atoms with E-state index >= 15 is 0 Å². The summed E-state index contributed by atoms with van der Waals surface area (Å²) in [5.74, 6) is -0.380. The number of ether oxygens (including phenoxy) is 1. The maximum atomic E-state index is 11.2. The van der Waals surface area contributed by atoms with E-state index in [9.17, 15) is 4.79 Å². The summed E-state index contributed by atoms with van der Waals surface area (Å²) in [5.41, 5.74) is 2.01. The number of hydrogen-bond acceptors (Lipinski definition) is 4. The number of carbonyl (C=O) groups excluding carboxylic acids is 1. The van der Waals surface area contributed by atoms with E-state index in [2.05, 4.69) is 27.1 Å². The van der Waals surface area contributed by atoms with Crippen molar-refractivity contribution in [2.45, 2.75) is 6.92 Å². The Balaban J connectivity index is 3.19. The van der Waals surface area contributed by atoms with Crippen LogP contribution in [0.4, 0.5) is 5.69 Å². The summed E-state index contributed by atoms with van der Waals surface area (Å²) in [4.78, 5) is 15.0. The topological polar surface area (TPSA) is 38.7 Å². The Bertz CT molecular complexity index is 409. The molecule has 0 saturated carbocycles. The molecule has 0 amide bonds. The number of methoxy groups -OCH3 is 1. The van der Waals surface area contributed by atoms with Crippen molar-refractivity contribution < 1.29 is 9.53 Å². The molecule has 1 aromatic rings. The van der Waals surface area contributed by atoms with E-state index in [4.69, 9.17) is 0 Å². The van der Waals surface area contributed by atoms with Crippen molar-refractivity contribution >= 4 is 29.0 Å². The van der Waals surface area contributed by atoms with Gasteiger partial charge in [-0.15, -0.1) is 0 Å². The summed E-state index contributed by atoms with van der Waals surface area (Å²) < 4.78 is 4.60. The number of nitrogens with zero attached hydrogens (tertiary/aromatic N) is 1. The fourth-order valence-electron chi connectivity index (χ4n) is 1.12. The quantitative estimate of drug-likeness (QED) is 0.425. The lowest BCUT2D eigenvalue weighted by molar-refractivity contribution is 0.0600. The summed E-state index contributed by atoms with van der Waals surface area (Å²) in [6, 6.07) is 5.15. The van der Waals surface area contributed by atoms with Crippen LogP contribution in [0.1, 0.15) is 15.9 Å². The zero-order valence-electron chi connectivity index (χ0n) is 7.90. The van der Waals surface area contributed by atoms with Crippen molar-refractivity contribution in [2.75, 3.05) is 7.11 Å². The zero-order chi connectivity index (χ0) is 10.6. The van der Waals surface area contributed by atoms with E-state index < -0.39 is 0 Å². The number of esters is 1. The highest BCUT2D eigenvalue weighted by Gasteiger charge is 2.06. The molecule has 0 aliphatic heterocycles. The van der Waals surface area contributed by atoms with Gasteiger partial charge in [-0.05, 0) is 42.9 Å². The molecule has 0 fully saturated rings. The predicted molar refractivity (Wildman–Crippen MR) is 57.2 cm³/mol. The first-order valence-electron chi connectivity index (χ1n) is 3.95. The molecular formula is C10H9NO2S. The molecule has 0 aromatic heterocycles. The largest absolute Gasteiger partial charge is 0.465 e. The highest BCUT2D eigenvalue weighted by atomic mass is 32.1. The number of aryl methyl sites for hydroxylation is 1. The van der Waals surface area contributed by atoms with E-state index in [-0.39, 0.29) is 5.97 Å². The van der Waals surface area contributed by atoms with Gasteiger partial charge in [-0.1, -0.05) is 0 Å². The first-order chi connectivity index (χ1) is 6.67. The van der Waals surface area contributed by atoms with Gasteiger partial charge in [0.05, 0.1) is 23.5 Å². The molecule has 0 bridgehead atoms. The Labute approximate surface area is 87.4 Å². The minimum Gasteiger partial charge on any atom is -0.465 e. The number of benzene rings is 1. The van der Waals surface area contributed by atoms with Crippen molar-refractivity contribution in [3.8, 4) is 0 Å². The maximum absolute atomic E-state index is 11.2. The van der Waals surface area contributed by atoms with Crippen LogP contribution in [0.5, 0.6) is 0 Å². The van der Waals surface area contributed by atoms with Gasteiger partial charge in [0.2, 0.25) is 0 Å². The molecule has 3 nitrogen and oxygen atoms in total. The van der Waals surface area contributed by atoms with E-state index in [1.165, 1.54) is 7.11 Å². The lowest BCUT2D eigenvalue weighted by Gasteiger charge is -2.01. The van der Waals surface area contributed by atoms with Gasteiger partial charge in [-0.3, -0.25) is 0 Å². The van der Waals surface area contributed by atoms with Crippen LogP contribution in [0.2, 0.25) is 0 Å². The maximum Gasteiger partial charge on any atom is 0.337 e. The molecule has 0 atom stereocenters. The molecule has 4 heteroatoms. The molecule has 0 spiro atoms. The third-order valence-corrected chi connectivity index (χ3v) is 1.75. The van der Waals surface area contributed by atoms with Crippen molar-refractivity contribution in [3.63, 3.8) is 0 Å². The van der Waals surface area contributed by atoms with Gasteiger partial charge >= 0.3 is 5.97 Å². The normalized spacial score (nSPS) is 9.00. The Morgan fingerprint density at radius 3 is 2.79 bits per heavy atom. The van der Waals surface area contributed by atoms with Crippen molar-refractivity contribution in [1.29, 1.82) is 0 Å². The first kappa shape index (κ1) is 10.6. The second-order valence-corrected chi connectivity index (χ2v) is 2.93. The number of carbonyl (C=O) groups is 1. The lowest BCUT2D eigenvalue weighted by Crippen LogP contribution is -2.00. The zero-order valence-corrected chi connectivity index (χ0v) is 8.72. The monoisotopic (exact) mass is 207 g/mol. The minimum absolute atomic E-state index is 0.380. The van der Waals surface area contributed by atoms with Crippen LogP contribution in [-0.4, -0.2) is 18.2 Å². The SMILES string of the molecule is COC(=O)c1cc(C)cc(N=C=S)c1. The highest BCUT2D eigenvalue weighted by molar-refractivity contribution is 7.78. The lowest BCUT2D eigenvalue weighted by atomic mass is 10.1. The average molecular weight is 207 g/mol. The molecule has 14 heavy (non-hydrogen) atoms. The molecule has 0 radical (unpaired) electrons. The van der Waals surface area contributed by atoms with E-state index in [1.807, 2.05) is 13.0 Å². The average Bonchev–Trinajstić information content (AvgIpc) is 2.16. The van der Waals surface area contributed by atoms with Crippen LogP contribution >= 0.6 is 12.2 Å². The molecule has 0 aliphatic rings. The Morgan fingerprint density at radius 2 is 2.21 bits per heavy atom. The van der Waals surface area contributed by atoms with Gasteiger partial charge in [-0.2, -0.15) is 4.99 Å². The molecule has 1 rings (SSSR count). The van der Waals surface area contributed by atoms with Crippen LogP contribution in [0, 0.1) is 6.92 Å². The van der Waals surface area contributed by atoms with Crippen LogP contribution in [0.25, 0.3) is 0 Å². The highest BCUT2D eigenvalue weighted by Crippen LogP contribution is 2.17. The molecule has 0 saturated heterocycles. The molecule has 0 unspecified atom stereocenters. The summed E-state index contributed by atoms with van der Waals surface area (Å²) in [5, 5.41) is 2.25. The fraction of sp³-hybridized carbons (Fsp3) is 0.200. The van der Waals surface area contributed by atoms with Crippen LogP contribution < -0.4 is 0 Å². The van der Waals surface area contributed by atoms with Gasteiger partial charge < -0.3 is 4.74 Å². The summed E-state index contributed by atoms with van der Waals surface area (Å²) in [6.07, 6.45) is 0. The number of thiocarbonyl (C=S) groups is 1. The van der Waals surface area contributed by atoms with E-state index in [1.54, 1.807) is 12.1 Å². The van der Waals surface area contributed by atoms with Crippen molar-refractivity contribution in [3.05, 3.63) is 29.3 Å². The second kappa shape index (κ2) is 4.65. The number of rotatable bonds is 2. The predicted octanol–water partition coefficient (Wildman–Crippen LogP) is 2.52. The molecule has 1 aromatic carbocycles. The third-order valence-electron chi connectivity index (χ3n) is 1.66.